The number of nitrogens with zero attached hydrogens (tertiary/aromatic N) is 2. The summed E-state index contributed by atoms with van der Waals surface area (Å²) in [5.74, 6) is -0.502. The highest BCUT2D eigenvalue weighted by atomic mass is 32.1. The second-order valence-electron chi connectivity index (χ2n) is 5.91. The first-order valence-electron chi connectivity index (χ1n) is 8.06. The number of carbonyl (C=O) groups is 2. The first kappa shape index (κ1) is 16.6. The van der Waals surface area contributed by atoms with Crippen LogP contribution in [0.5, 0.6) is 0 Å². The van der Waals surface area contributed by atoms with Gasteiger partial charge in [-0.2, -0.15) is 0 Å². The highest BCUT2D eigenvalue weighted by Gasteiger charge is 2.30. The number of likely N-dealkylation sites (tertiary alicyclic amines) is 1. The summed E-state index contributed by atoms with van der Waals surface area (Å²) in [7, 11) is 0. The molecule has 1 amide bonds. The zero-order chi connectivity index (χ0) is 16.9. The standard InChI is InChI=1S/C18H20N2O3S/c1-13-19-10-16(24-13)12-23-18(22)15-8-5-9-20(11-15)17(21)14-6-3-2-4-7-14/h2-4,6-7,10,15H,5,8-9,11-12H2,1H3/t15-/m0/s1. The van der Waals surface area contributed by atoms with Gasteiger partial charge in [-0.05, 0) is 31.9 Å². The molecule has 0 spiro atoms. The molecule has 0 aliphatic carbocycles. The fourth-order valence-electron chi connectivity index (χ4n) is 2.85. The minimum atomic E-state index is -0.250. The third-order valence-corrected chi connectivity index (χ3v) is 4.97. The van der Waals surface area contributed by atoms with Crippen LogP contribution in [0.4, 0.5) is 0 Å². The number of aromatic nitrogens is 1. The lowest BCUT2D eigenvalue weighted by Crippen LogP contribution is -2.42. The Morgan fingerprint density at radius 2 is 2.12 bits per heavy atom. The van der Waals surface area contributed by atoms with Crippen LogP contribution in [-0.4, -0.2) is 34.8 Å². The maximum Gasteiger partial charge on any atom is 0.311 e. The van der Waals surface area contributed by atoms with Gasteiger partial charge < -0.3 is 9.64 Å². The topological polar surface area (TPSA) is 59.5 Å². The van der Waals surface area contributed by atoms with Crippen LogP contribution in [0, 0.1) is 12.8 Å². The van der Waals surface area contributed by atoms with Gasteiger partial charge >= 0.3 is 5.97 Å². The Kier molecular flexibility index (Phi) is 5.25. The van der Waals surface area contributed by atoms with E-state index in [1.165, 1.54) is 11.3 Å². The Hall–Kier alpha value is -2.21. The lowest BCUT2D eigenvalue weighted by Gasteiger charge is -2.31. The van der Waals surface area contributed by atoms with E-state index in [2.05, 4.69) is 4.98 Å². The number of carbonyl (C=O) groups excluding carboxylic acids is 2. The number of amides is 1. The van der Waals surface area contributed by atoms with Gasteiger partial charge in [0.05, 0.1) is 15.8 Å². The molecule has 3 rings (SSSR count). The second-order valence-corrected chi connectivity index (χ2v) is 7.23. The van der Waals surface area contributed by atoms with Gasteiger partial charge in [-0.3, -0.25) is 9.59 Å². The number of ether oxygens (including phenoxy) is 1. The van der Waals surface area contributed by atoms with E-state index < -0.39 is 0 Å². The monoisotopic (exact) mass is 344 g/mol. The summed E-state index contributed by atoms with van der Waals surface area (Å²) in [5, 5.41) is 0.957. The number of hydrogen-bond donors (Lipinski definition) is 0. The maximum atomic E-state index is 12.5. The van der Waals surface area contributed by atoms with Gasteiger partial charge in [-0.15, -0.1) is 11.3 Å². The molecule has 2 heterocycles. The smallest absolute Gasteiger partial charge is 0.311 e. The molecule has 1 saturated heterocycles. The van der Waals surface area contributed by atoms with Crippen molar-refractivity contribution >= 4 is 23.2 Å². The molecule has 1 aliphatic rings. The first-order chi connectivity index (χ1) is 11.6. The van der Waals surface area contributed by atoms with Crippen LogP contribution in [0.15, 0.2) is 36.5 Å². The van der Waals surface area contributed by atoms with E-state index in [0.717, 1.165) is 22.7 Å². The van der Waals surface area contributed by atoms with Crippen molar-refractivity contribution in [1.82, 2.24) is 9.88 Å². The quantitative estimate of drug-likeness (QED) is 0.800. The van der Waals surface area contributed by atoms with Crippen molar-refractivity contribution in [2.75, 3.05) is 13.1 Å². The number of thiazole rings is 1. The number of esters is 1. The van der Waals surface area contributed by atoms with Gasteiger partial charge in [0.1, 0.15) is 6.61 Å². The molecular weight excluding hydrogens is 324 g/mol. The van der Waals surface area contributed by atoms with Crippen molar-refractivity contribution in [2.45, 2.75) is 26.4 Å². The first-order valence-corrected chi connectivity index (χ1v) is 8.87. The van der Waals surface area contributed by atoms with E-state index >= 15 is 0 Å². The lowest BCUT2D eigenvalue weighted by molar-refractivity contribution is -0.151. The predicted octanol–water partition coefficient (Wildman–Crippen LogP) is 3.05. The molecule has 0 radical (unpaired) electrons. The highest BCUT2D eigenvalue weighted by Crippen LogP contribution is 2.21. The largest absolute Gasteiger partial charge is 0.460 e. The fourth-order valence-corrected chi connectivity index (χ4v) is 3.56. The van der Waals surface area contributed by atoms with Crippen molar-refractivity contribution in [3.8, 4) is 0 Å². The molecule has 126 valence electrons. The van der Waals surface area contributed by atoms with Crippen molar-refractivity contribution in [3.05, 3.63) is 52.0 Å². The number of hydrogen-bond acceptors (Lipinski definition) is 5. The van der Waals surface area contributed by atoms with Crippen molar-refractivity contribution in [2.24, 2.45) is 5.92 Å². The minimum Gasteiger partial charge on any atom is -0.460 e. The molecule has 0 unspecified atom stereocenters. The van der Waals surface area contributed by atoms with Crippen LogP contribution in [0.25, 0.3) is 0 Å². The molecule has 0 bridgehead atoms. The molecule has 0 saturated carbocycles. The van der Waals surface area contributed by atoms with E-state index in [1.54, 1.807) is 23.2 Å². The van der Waals surface area contributed by atoms with Gasteiger partial charge in [-0.1, -0.05) is 18.2 Å². The predicted molar refractivity (Wildman–Crippen MR) is 91.7 cm³/mol. The summed E-state index contributed by atoms with van der Waals surface area (Å²) in [6, 6.07) is 9.18. The van der Waals surface area contributed by atoms with Crippen LogP contribution < -0.4 is 0 Å². The summed E-state index contributed by atoms with van der Waals surface area (Å²) in [6.07, 6.45) is 3.32. The van der Waals surface area contributed by atoms with Crippen molar-refractivity contribution in [1.29, 1.82) is 0 Å². The van der Waals surface area contributed by atoms with Gasteiger partial charge in [0, 0.05) is 24.8 Å². The van der Waals surface area contributed by atoms with Gasteiger partial charge in [0.2, 0.25) is 0 Å². The Bertz CT molecular complexity index is 714. The van der Waals surface area contributed by atoms with Crippen LogP contribution >= 0.6 is 11.3 Å². The number of piperidine rings is 1. The molecule has 0 N–H and O–H groups in total. The van der Waals surface area contributed by atoms with Crippen molar-refractivity contribution < 1.29 is 14.3 Å². The molecule has 1 aromatic heterocycles. The molecule has 1 fully saturated rings. The molecular formula is C18H20N2O3S. The molecule has 1 aromatic carbocycles. The number of rotatable bonds is 4. The fraction of sp³-hybridized carbons (Fsp3) is 0.389. The van der Waals surface area contributed by atoms with E-state index in [-0.39, 0.29) is 24.4 Å². The lowest BCUT2D eigenvalue weighted by atomic mass is 9.97. The Balaban J connectivity index is 1.56. The Morgan fingerprint density at radius 1 is 1.33 bits per heavy atom. The van der Waals surface area contributed by atoms with Crippen molar-refractivity contribution in [3.63, 3.8) is 0 Å². The van der Waals surface area contributed by atoms with E-state index in [9.17, 15) is 9.59 Å². The molecule has 1 atom stereocenters. The zero-order valence-corrected chi connectivity index (χ0v) is 14.4. The summed E-state index contributed by atoms with van der Waals surface area (Å²) in [6.45, 7) is 3.29. The van der Waals surface area contributed by atoms with E-state index in [4.69, 9.17) is 4.74 Å². The van der Waals surface area contributed by atoms with Crippen LogP contribution in [0.3, 0.4) is 0 Å². The normalized spacial score (nSPS) is 17.5. The SMILES string of the molecule is Cc1ncc(COC(=O)[C@H]2CCCN(C(=O)c3ccccc3)C2)s1. The summed E-state index contributed by atoms with van der Waals surface area (Å²) in [4.78, 5) is 31.7. The third kappa shape index (κ3) is 4.00. The minimum absolute atomic E-state index is 0.0221. The Morgan fingerprint density at radius 3 is 2.83 bits per heavy atom. The molecule has 6 heteroatoms. The zero-order valence-electron chi connectivity index (χ0n) is 13.6. The second kappa shape index (κ2) is 7.57. The van der Waals surface area contributed by atoms with E-state index in [0.29, 0.717) is 18.7 Å². The highest BCUT2D eigenvalue weighted by molar-refractivity contribution is 7.11. The molecule has 24 heavy (non-hydrogen) atoms. The van der Waals surface area contributed by atoms with Gasteiger partial charge in [0.15, 0.2) is 0 Å². The number of aryl methyl sites for hydroxylation is 1. The number of benzene rings is 1. The molecule has 2 aromatic rings. The molecule has 5 nitrogen and oxygen atoms in total. The van der Waals surface area contributed by atoms with Crippen LogP contribution in [-0.2, 0) is 16.1 Å². The van der Waals surface area contributed by atoms with Gasteiger partial charge in [0.25, 0.3) is 5.91 Å². The average molecular weight is 344 g/mol. The molecule has 1 aliphatic heterocycles. The van der Waals surface area contributed by atoms with Crippen LogP contribution in [0.1, 0.15) is 33.1 Å². The Labute approximate surface area is 145 Å². The summed E-state index contributed by atoms with van der Waals surface area (Å²) >= 11 is 1.53. The average Bonchev–Trinajstić information content (AvgIpc) is 3.05. The summed E-state index contributed by atoms with van der Waals surface area (Å²) < 4.78 is 5.41. The van der Waals surface area contributed by atoms with Crippen LogP contribution in [0.2, 0.25) is 0 Å². The summed E-state index contributed by atoms with van der Waals surface area (Å²) in [5.41, 5.74) is 0.659. The maximum absolute atomic E-state index is 12.5. The van der Waals surface area contributed by atoms with Gasteiger partial charge in [-0.25, -0.2) is 4.98 Å². The van der Waals surface area contributed by atoms with E-state index in [1.807, 2.05) is 25.1 Å². The third-order valence-electron chi connectivity index (χ3n) is 4.09.